The van der Waals surface area contributed by atoms with E-state index in [0.717, 1.165) is 0 Å². The summed E-state index contributed by atoms with van der Waals surface area (Å²) >= 11 is 0. The summed E-state index contributed by atoms with van der Waals surface area (Å²) in [5.41, 5.74) is 0.715. The molecule has 0 aliphatic heterocycles. The van der Waals surface area contributed by atoms with E-state index in [4.69, 9.17) is 5.26 Å². The van der Waals surface area contributed by atoms with Gasteiger partial charge in [-0.05, 0) is 59.8 Å². The molecule has 7 aromatic carbocycles. The smallest absolute Gasteiger partial charge is 0.418 e. The topological polar surface area (TPSA) is 23.8 Å². The normalized spacial score (nSPS) is 10.0. The molecule has 1 nitrogen and oxygen atoms in total. The van der Waals surface area contributed by atoms with Gasteiger partial charge in [0.25, 0.3) is 0 Å². The molecule has 0 aliphatic carbocycles. The van der Waals surface area contributed by atoms with Crippen LogP contribution in [-0.2, 0) is 21.1 Å². The van der Waals surface area contributed by atoms with Crippen molar-refractivity contribution in [1.29, 1.82) is 5.26 Å². The van der Waals surface area contributed by atoms with E-state index in [0.29, 0.717) is 5.56 Å². The van der Waals surface area contributed by atoms with E-state index in [9.17, 15) is 30.4 Å². The van der Waals surface area contributed by atoms with Crippen molar-refractivity contribution in [2.24, 2.45) is 0 Å². The largest absolute Gasteiger partial charge is 2.00 e. The summed E-state index contributed by atoms with van der Waals surface area (Å²) < 4.78 is 67.8. The van der Waals surface area contributed by atoms with E-state index in [-0.39, 0.29) is 21.1 Å². The van der Waals surface area contributed by atoms with Gasteiger partial charge in [-0.3, -0.25) is 0 Å². The van der Waals surface area contributed by atoms with Gasteiger partial charge in [0, 0.05) is 0 Å². The first-order valence-corrected chi connectivity index (χ1v) is 19.3. The monoisotopic (exact) mass is 978 g/mol. The van der Waals surface area contributed by atoms with E-state index < -0.39 is 29.8 Å². The van der Waals surface area contributed by atoms with Crippen molar-refractivity contribution in [2.75, 3.05) is 0 Å². The molecule has 0 spiro atoms. The average Bonchev–Trinajstić information content (AvgIpc) is 3.21. The van der Waals surface area contributed by atoms with Gasteiger partial charge in [0.2, 0.25) is 0 Å². The second kappa shape index (κ2) is 26.9. The predicted octanol–water partition coefficient (Wildman–Crippen LogP) is 11.1. The predicted molar refractivity (Wildman–Crippen MR) is 218 cm³/mol. The van der Waals surface area contributed by atoms with Gasteiger partial charge in [-0.2, -0.15) is 5.26 Å². The SMILES string of the molecule is F[B-](F)(F)F.F[C-](F)F.N#Cc1ccccc1.[Pt+2].c1ccc(P(c2ccccc2)c2ccccc2)cc1.c1ccc(P(c2ccccc2)c2ccccc2)cc1. The summed E-state index contributed by atoms with van der Waals surface area (Å²) in [6, 6.07) is 75.8. The van der Waals surface area contributed by atoms with Crippen LogP contribution in [0.5, 0.6) is 0 Å². The summed E-state index contributed by atoms with van der Waals surface area (Å²) in [7, 11) is -6.89. The molecule has 12 heteroatoms. The van der Waals surface area contributed by atoms with Gasteiger partial charge in [-0.1, -0.05) is 200 Å². The molecule has 0 radical (unpaired) electrons. The van der Waals surface area contributed by atoms with E-state index >= 15 is 0 Å². The molecule has 0 N–H and O–H groups in total. The number of benzene rings is 7. The number of nitrogens with zero attached hydrogens (tertiary/aromatic N) is 1. The van der Waals surface area contributed by atoms with Crippen molar-refractivity contribution < 1.29 is 51.5 Å². The van der Waals surface area contributed by atoms with Crippen molar-refractivity contribution in [3.63, 3.8) is 0 Å². The van der Waals surface area contributed by atoms with Crippen LogP contribution in [0.2, 0.25) is 0 Å². The molecular weight excluding hydrogens is 943 g/mol. The molecule has 0 heterocycles. The van der Waals surface area contributed by atoms with Crippen molar-refractivity contribution >= 4 is 54.9 Å². The summed E-state index contributed by atoms with van der Waals surface area (Å²) in [5.74, 6) is 0. The fourth-order valence-electron chi connectivity index (χ4n) is 4.87. The Morgan fingerprint density at radius 1 is 0.357 bits per heavy atom. The molecular formula is C44H35BF7NP2Pt. The summed E-state index contributed by atoms with van der Waals surface area (Å²) in [6.07, 6.45) is 0. The number of hydrogen-bond acceptors (Lipinski definition) is 1. The van der Waals surface area contributed by atoms with Crippen molar-refractivity contribution in [3.8, 4) is 6.07 Å². The zero-order chi connectivity index (χ0) is 39.7. The Labute approximate surface area is 340 Å². The van der Waals surface area contributed by atoms with Gasteiger partial charge in [-0.15, -0.1) is 0 Å². The van der Waals surface area contributed by atoms with Crippen molar-refractivity contribution in [2.45, 2.75) is 0 Å². The Balaban J connectivity index is 0.000000273. The van der Waals surface area contributed by atoms with Gasteiger partial charge in [0.15, 0.2) is 6.68 Å². The van der Waals surface area contributed by atoms with E-state index in [1.807, 2.05) is 24.3 Å². The molecule has 0 fully saturated rings. The Bertz CT molecular complexity index is 1730. The molecule has 7 aromatic rings. The summed E-state index contributed by atoms with van der Waals surface area (Å²) in [4.78, 5) is 0. The average molecular weight is 979 g/mol. The van der Waals surface area contributed by atoms with Crippen molar-refractivity contribution in [3.05, 3.63) is 225 Å². The minimum absolute atomic E-state index is 0. The third-order valence-electron chi connectivity index (χ3n) is 6.99. The van der Waals surface area contributed by atoms with Crippen LogP contribution >= 0.6 is 15.8 Å². The van der Waals surface area contributed by atoms with Gasteiger partial charge in [-0.25, -0.2) is 0 Å². The molecule has 288 valence electrons. The molecule has 0 unspecified atom stereocenters. The van der Waals surface area contributed by atoms with Gasteiger partial charge in [0.05, 0.1) is 11.6 Å². The van der Waals surface area contributed by atoms with Crippen LogP contribution in [0.3, 0.4) is 0 Å². The molecule has 7 rings (SSSR count). The third-order valence-corrected chi connectivity index (χ3v) is 11.9. The van der Waals surface area contributed by atoms with Crippen LogP contribution < -0.4 is 31.8 Å². The van der Waals surface area contributed by atoms with E-state index in [1.165, 1.54) is 31.8 Å². The molecule has 0 aliphatic rings. The molecule has 0 aromatic heterocycles. The molecule has 0 amide bonds. The fraction of sp³-hybridized carbons (Fsp3) is 0. The molecule has 0 atom stereocenters. The zero-order valence-electron chi connectivity index (χ0n) is 29.6. The van der Waals surface area contributed by atoms with Gasteiger partial charge >= 0.3 is 28.3 Å². The third kappa shape index (κ3) is 19.1. The molecule has 0 saturated heterocycles. The van der Waals surface area contributed by atoms with Gasteiger partial charge in [0.1, 0.15) is 0 Å². The molecule has 0 bridgehead atoms. The van der Waals surface area contributed by atoms with Crippen LogP contribution in [0.15, 0.2) is 212 Å². The maximum Gasteiger partial charge on any atom is 2.00 e. The second-order valence-corrected chi connectivity index (χ2v) is 15.3. The first-order valence-electron chi connectivity index (χ1n) is 16.6. The van der Waals surface area contributed by atoms with Crippen molar-refractivity contribution in [1.82, 2.24) is 0 Å². The maximum absolute atomic E-state index is 9.75. The van der Waals surface area contributed by atoms with Crippen LogP contribution in [0.4, 0.5) is 30.4 Å². The minimum atomic E-state index is -6.00. The molecule has 0 saturated carbocycles. The maximum atomic E-state index is 9.75. The quantitative estimate of drug-likeness (QED) is 0.0705. The standard InChI is InChI=1S/2C18H15P.C7H5N.CF3.BF4.Pt/c2*1-4-10-16(11-5-1)19(17-12-6-2-7-13-17)18-14-8-3-9-15-18;8-6-7-4-2-1-3-5-7;2-1(3)4;2-1(3,4)5;/h2*1-15H;1-5H;;;/q;;;2*-1;+2. The zero-order valence-corrected chi connectivity index (χ0v) is 33.6. The fourth-order valence-corrected chi connectivity index (χ4v) is 9.48. The van der Waals surface area contributed by atoms with Gasteiger partial charge < -0.3 is 30.4 Å². The Morgan fingerprint density at radius 3 is 0.625 bits per heavy atom. The first kappa shape index (κ1) is 47.3. The Kier molecular flexibility index (Phi) is 22.7. The molecule has 56 heavy (non-hydrogen) atoms. The minimum Gasteiger partial charge on any atom is -0.418 e. The van der Waals surface area contributed by atoms with Crippen LogP contribution in [-0.4, -0.2) is 7.25 Å². The second-order valence-electron chi connectivity index (χ2n) is 10.9. The first-order chi connectivity index (χ1) is 26.6. The Morgan fingerprint density at radius 2 is 0.500 bits per heavy atom. The summed E-state index contributed by atoms with van der Waals surface area (Å²) in [5, 5.41) is 16.7. The number of halogens is 7. The van der Waals surface area contributed by atoms with E-state index in [2.05, 4.69) is 182 Å². The van der Waals surface area contributed by atoms with Crippen LogP contribution in [0, 0.1) is 18.0 Å². The number of hydrogen-bond donors (Lipinski definition) is 0. The van der Waals surface area contributed by atoms with E-state index in [1.54, 1.807) is 12.1 Å². The van der Waals surface area contributed by atoms with Crippen LogP contribution in [0.25, 0.3) is 0 Å². The number of rotatable bonds is 6. The number of nitriles is 1. The van der Waals surface area contributed by atoms with Crippen LogP contribution in [0.1, 0.15) is 5.56 Å². The summed E-state index contributed by atoms with van der Waals surface area (Å²) in [6.45, 7) is -3.08. The Hall–Kier alpha value is -4.85.